The van der Waals surface area contributed by atoms with Crippen LogP contribution in [0.5, 0.6) is 17.4 Å². The van der Waals surface area contributed by atoms with E-state index < -0.39 is 42.0 Å². The van der Waals surface area contributed by atoms with Crippen LogP contribution in [0.4, 0.5) is 28.0 Å². The molecule has 0 atom stereocenters. The van der Waals surface area contributed by atoms with E-state index in [-0.39, 0.29) is 45.2 Å². The van der Waals surface area contributed by atoms with Crippen molar-refractivity contribution in [3.8, 4) is 17.4 Å². The summed E-state index contributed by atoms with van der Waals surface area (Å²) in [5.74, 6) is -2.58. The monoisotopic (exact) mass is 596 g/mol. The Balaban J connectivity index is 1.80. The van der Waals surface area contributed by atoms with Crippen LogP contribution in [0.2, 0.25) is 5.02 Å². The summed E-state index contributed by atoms with van der Waals surface area (Å²) in [4.78, 5) is 44.8. The first-order valence-electron chi connectivity index (χ1n) is 11.5. The SMILES string of the molecule is C/C=C(\N(C)C(=O)N(C=O)c1cc(Oc2cccnc2OCC(=O)OCc2ccccn2)c(Cl)cc1F)C(F)(F)F. The second-order valence-corrected chi connectivity index (χ2v) is 8.31. The van der Waals surface area contributed by atoms with E-state index in [0.29, 0.717) is 17.8 Å². The Morgan fingerprint density at radius 3 is 2.44 bits per heavy atom. The average molecular weight is 597 g/mol. The van der Waals surface area contributed by atoms with Gasteiger partial charge in [0.05, 0.1) is 16.4 Å². The lowest BCUT2D eigenvalue weighted by molar-refractivity contribution is -0.147. The molecule has 0 spiro atoms. The van der Waals surface area contributed by atoms with Crippen molar-refractivity contribution in [1.82, 2.24) is 14.9 Å². The number of carbonyl (C=O) groups excluding carboxylic acids is 3. The fourth-order valence-electron chi connectivity index (χ4n) is 3.29. The Kier molecular flexibility index (Phi) is 10.2. The highest BCUT2D eigenvalue weighted by atomic mass is 35.5. The van der Waals surface area contributed by atoms with E-state index in [0.717, 1.165) is 20.0 Å². The van der Waals surface area contributed by atoms with Crippen molar-refractivity contribution in [3.63, 3.8) is 0 Å². The van der Waals surface area contributed by atoms with Crippen LogP contribution in [0.3, 0.4) is 0 Å². The maximum atomic E-state index is 14.8. The Hall–Kier alpha value is -4.72. The average Bonchev–Trinajstić information content (AvgIpc) is 2.94. The summed E-state index contributed by atoms with van der Waals surface area (Å²) in [5, 5.41) is -0.327. The zero-order valence-electron chi connectivity index (χ0n) is 21.4. The lowest BCUT2D eigenvalue weighted by Crippen LogP contribution is -2.43. The molecule has 10 nitrogen and oxygen atoms in total. The zero-order chi connectivity index (χ0) is 30.2. The van der Waals surface area contributed by atoms with Gasteiger partial charge in [-0.2, -0.15) is 13.2 Å². The van der Waals surface area contributed by atoms with Gasteiger partial charge in [-0.15, -0.1) is 0 Å². The summed E-state index contributed by atoms with van der Waals surface area (Å²) < 4.78 is 70.7. The number of carbonyl (C=O) groups is 3. The summed E-state index contributed by atoms with van der Waals surface area (Å²) >= 11 is 6.09. The van der Waals surface area contributed by atoms with Crippen molar-refractivity contribution >= 4 is 35.7 Å². The van der Waals surface area contributed by atoms with E-state index in [4.69, 9.17) is 25.8 Å². The number of aromatic nitrogens is 2. The molecule has 0 N–H and O–H groups in total. The molecule has 0 fully saturated rings. The Labute approximate surface area is 235 Å². The number of hydrogen-bond acceptors (Lipinski definition) is 8. The van der Waals surface area contributed by atoms with Gasteiger partial charge in [-0.05, 0) is 37.3 Å². The largest absolute Gasteiger partial charge is 0.463 e. The first-order valence-corrected chi connectivity index (χ1v) is 11.9. The molecule has 0 bridgehead atoms. The van der Waals surface area contributed by atoms with Crippen molar-refractivity contribution in [2.45, 2.75) is 19.7 Å². The number of rotatable bonds is 10. The van der Waals surface area contributed by atoms with Gasteiger partial charge in [0.1, 0.15) is 23.9 Å². The van der Waals surface area contributed by atoms with Crippen molar-refractivity contribution < 1.29 is 46.2 Å². The minimum Gasteiger partial charge on any atom is -0.463 e. The number of amides is 3. The molecular formula is C26H21ClF4N4O6. The quantitative estimate of drug-likeness (QED) is 0.167. The molecule has 2 heterocycles. The highest BCUT2D eigenvalue weighted by molar-refractivity contribution is 6.32. The fraction of sp³-hybridized carbons (Fsp3) is 0.192. The number of nitrogens with zero attached hydrogens (tertiary/aromatic N) is 4. The number of alkyl halides is 3. The lowest BCUT2D eigenvalue weighted by Gasteiger charge is -2.27. The van der Waals surface area contributed by atoms with E-state index in [1.807, 2.05) is 0 Å². The molecule has 0 aliphatic heterocycles. The van der Waals surface area contributed by atoms with Crippen LogP contribution in [0.1, 0.15) is 12.6 Å². The van der Waals surface area contributed by atoms with E-state index in [9.17, 15) is 31.9 Å². The van der Waals surface area contributed by atoms with Gasteiger partial charge < -0.3 is 14.2 Å². The van der Waals surface area contributed by atoms with Crippen molar-refractivity contribution in [2.75, 3.05) is 18.6 Å². The number of allylic oxidation sites excluding steroid dienone is 2. The smallest absolute Gasteiger partial charge is 0.431 e. The predicted molar refractivity (Wildman–Crippen MR) is 137 cm³/mol. The highest BCUT2D eigenvalue weighted by Gasteiger charge is 2.39. The standard InChI is InChI=1S/C26H21ClF4N4O6/c1-3-22(26(29,30)31)34(2)25(38)35(15-36)19-12-21(17(27)11-18(19)28)41-20-8-6-10-33-24(20)40-14-23(37)39-13-16-7-4-5-9-32-16/h3-12,15H,13-14H2,1-2H3/b22-3-. The molecule has 1 aromatic carbocycles. The van der Waals surface area contributed by atoms with Crippen molar-refractivity contribution in [3.05, 3.63) is 83.2 Å². The number of pyridine rings is 2. The number of anilines is 1. The van der Waals surface area contributed by atoms with Gasteiger partial charge in [0.15, 0.2) is 12.4 Å². The molecule has 2 aromatic heterocycles. The molecule has 216 valence electrons. The highest BCUT2D eigenvalue weighted by Crippen LogP contribution is 2.38. The molecule has 0 saturated carbocycles. The second kappa shape index (κ2) is 13.6. The molecule has 3 rings (SSSR count). The van der Waals surface area contributed by atoms with Gasteiger partial charge >= 0.3 is 18.2 Å². The minimum atomic E-state index is -4.93. The Bertz CT molecular complexity index is 1440. The van der Waals surface area contributed by atoms with Crippen LogP contribution >= 0.6 is 11.6 Å². The summed E-state index contributed by atoms with van der Waals surface area (Å²) in [6.07, 6.45) is -1.61. The van der Waals surface area contributed by atoms with Crippen LogP contribution < -0.4 is 14.4 Å². The Morgan fingerprint density at radius 2 is 1.80 bits per heavy atom. The van der Waals surface area contributed by atoms with Crippen molar-refractivity contribution in [1.29, 1.82) is 0 Å². The molecule has 0 aliphatic carbocycles. The number of benzene rings is 1. The normalized spacial score (nSPS) is 11.4. The van der Waals surface area contributed by atoms with E-state index in [2.05, 4.69) is 9.97 Å². The maximum absolute atomic E-state index is 14.8. The van der Waals surface area contributed by atoms with E-state index in [1.165, 1.54) is 24.5 Å². The number of halogens is 5. The van der Waals surface area contributed by atoms with Crippen LogP contribution in [-0.4, -0.2) is 53.1 Å². The third-order valence-electron chi connectivity index (χ3n) is 5.17. The van der Waals surface area contributed by atoms with Gasteiger partial charge in [-0.1, -0.05) is 23.7 Å². The Morgan fingerprint density at radius 1 is 1.07 bits per heavy atom. The molecular weight excluding hydrogens is 576 g/mol. The summed E-state index contributed by atoms with van der Waals surface area (Å²) in [6.45, 7) is 0.373. The van der Waals surface area contributed by atoms with Crippen LogP contribution in [0.15, 0.2) is 66.6 Å². The molecule has 0 radical (unpaired) electrons. The van der Waals surface area contributed by atoms with Crippen LogP contribution in [0.25, 0.3) is 0 Å². The third-order valence-corrected chi connectivity index (χ3v) is 5.47. The summed E-state index contributed by atoms with van der Waals surface area (Å²) in [6, 6.07) is 7.90. The van der Waals surface area contributed by atoms with Gasteiger partial charge in [-0.3, -0.25) is 14.7 Å². The van der Waals surface area contributed by atoms with Gasteiger partial charge in [0.25, 0.3) is 5.88 Å². The molecule has 3 aromatic rings. The van der Waals surface area contributed by atoms with Gasteiger partial charge in [-0.25, -0.2) is 23.9 Å². The number of esters is 1. The summed E-state index contributed by atoms with van der Waals surface area (Å²) in [7, 11) is 0.771. The van der Waals surface area contributed by atoms with Crippen molar-refractivity contribution in [2.24, 2.45) is 0 Å². The minimum absolute atomic E-state index is 0.0950. The number of urea groups is 1. The maximum Gasteiger partial charge on any atom is 0.431 e. The number of imide groups is 1. The van der Waals surface area contributed by atoms with Crippen LogP contribution in [-0.2, 0) is 20.9 Å². The number of hydrogen-bond donors (Lipinski definition) is 0. The molecule has 0 saturated heterocycles. The van der Waals surface area contributed by atoms with Crippen LogP contribution in [0, 0.1) is 5.82 Å². The first kappa shape index (κ1) is 30.8. The first-order chi connectivity index (χ1) is 19.5. The topological polar surface area (TPSA) is 111 Å². The summed E-state index contributed by atoms with van der Waals surface area (Å²) in [5.41, 5.74) is -1.62. The zero-order valence-corrected chi connectivity index (χ0v) is 22.1. The molecule has 15 heteroatoms. The van der Waals surface area contributed by atoms with E-state index in [1.54, 1.807) is 18.2 Å². The third kappa shape index (κ3) is 7.91. The predicted octanol–water partition coefficient (Wildman–Crippen LogP) is 5.66. The number of ether oxygens (including phenoxy) is 3. The lowest BCUT2D eigenvalue weighted by atomic mass is 10.2. The second-order valence-electron chi connectivity index (χ2n) is 7.90. The van der Waals surface area contributed by atoms with Gasteiger partial charge in [0, 0.05) is 25.5 Å². The molecule has 3 amide bonds. The molecule has 0 unspecified atom stereocenters. The fourth-order valence-corrected chi connectivity index (χ4v) is 3.47. The van der Waals surface area contributed by atoms with Gasteiger partial charge in [0.2, 0.25) is 6.41 Å². The molecule has 41 heavy (non-hydrogen) atoms. The van der Waals surface area contributed by atoms with E-state index >= 15 is 0 Å². The molecule has 0 aliphatic rings.